The van der Waals surface area contributed by atoms with Gasteiger partial charge in [-0.25, -0.2) is 29.9 Å². The highest BCUT2D eigenvalue weighted by molar-refractivity contribution is 6.13. The highest BCUT2D eigenvalue weighted by atomic mass is 15.1. The van der Waals surface area contributed by atoms with Crippen LogP contribution in [0.5, 0.6) is 0 Å². The van der Waals surface area contributed by atoms with Crippen LogP contribution < -0.4 is 0 Å². The SMILES string of the molecule is c1ccc(-c2nc(-c3ccccc3)nc(-c3cc(-c4ccc(-n5c6ccccc6c6ccccc65)c(-c5ccccc5)c4)cc(-c4ccc(-n5c6ccccc6c6ccccc65)c(-c5ccccc5)c4)c3)n2)cc1.c1ccc(-c2nc(-c3ccccc3)nc(-c3cc(-c4ccc(-n5c6ccccc6c6ccccc65)cc4)cc(-c4ccc(-n5c6ccccc6c6ccccc65)cc4)c3)n2)cc1. The molecule has 0 unspecified atom stereocenters. The van der Waals surface area contributed by atoms with Gasteiger partial charge in [0.15, 0.2) is 34.9 Å². The third-order valence-electron chi connectivity index (χ3n) is 26.3. The molecule has 0 aliphatic carbocycles. The van der Waals surface area contributed by atoms with Crippen molar-refractivity contribution in [2.24, 2.45) is 0 Å². The van der Waals surface area contributed by atoms with Gasteiger partial charge in [0.05, 0.1) is 55.5 Å². The molecule has 26 aromatic rings. The van der Waals surface area contributed by atoms with Gasteiger partial charge in [0, 0.05) is 99.0 Å². The molecule has 10 heteroatoms. The lowest BCUT2D eigenvalue weighted by Gasteiger charge is -2.18. The molecule has 26 rings (SSSR count). The van der Waals surface area contributed by atoms with Crippen LogP contribution >= 0.6 is 0 Å². The van der Waals surface area contributed by atoms with Gasteiger partial charge in [0.25, 0.3) is 0 Å². The Balaban J connectivity index is 0.000000147. The molecular weight excluding hydrogens is 1650 g/mol. The van der Waals surface area contributed by atoms with E-state index in [9.17, 15) is 0 Å². The predicted molar refractivity (Wildman–Crippen MR) is 562 cm³/mol. The van der Waals surface area contributed by atoms with Crippen LogP contribution in [0.4, 0.5) is 0 Å². The van der Waals surface area contributed by atoms with Gasteiger partial charge in [-0.3, -0.25) is 0 Å². The van der Waals surface area contributed by atoms with Gasteiger partial charge in [-0.15, -0.1) is 0 Å². The molecule has 136 heavy (non-hydrogen) atoms. The van der Waals surface area contributed by atoms with Crippen molar-refractivity contribution in [3.05, 3.63) is 497 Å². The Bertz CT molecular complexity index is 8340. The maximum absolute atomic E-state index is 5.28. The minimum atomic E-state index is 0.594. The number of rotatable bonds is 16. The molecule has 6 aromatic heterocycles. The summed E-state index contributed by atoms with van der Waals surface area (Å²) in [6.45, 7) is 0. The van der Waals surface area contributed by atoms with Gasteiger partial charge >= 0.3 is 0 Å². The van der Waals surface area contributed by atoms with E-state index in [1.165, 1.54) is 87.2 Å². The van der Waals surface area contributed by atoms with Crippen LogP contribution in [0.3, 0.4) is 0 Å². The molecule has 0 bridgehead atoms. The summed E-state index contributed by atoms with van der Waals surface area (Å²) < 4.78 is 9.55. The summed E-state index contributed by atoms with van der Waals surface area (Å²) in [7, 11) is 0. The van der Waals surface area contributed by atoms with Crippen LogP contribution in [0.25, 0.3) is 245 Å². The van der Waals surface area contributed by atoms with Gasteiger partial charge in [0.2, 0.25) is 0 Å². The fraction of sp³-hybridized carbons (Fsp3) is 0. The highest BCUT2D eigenvalue weighted by Gasteiger charge is 2.25. The fourth-order valence-corrected chi connectivity index (χ4v) is 19.9. The standard InChI is InChI=1S/C69H45N5.C57H37N5/c1-5-21-46(22-6-1)59-44-50(37-39-65(59)73-61-33-17-13-29-55(61)56-30-14-18-34-62(56)73)52-41-53(43-54(42-52)69-71-67(48-25-9-3-10-26-48)70-68(72-69)49-27-11-4-12-28-49)51-38-40-66(60(45-51)47-23-7-2-8-24-47)74-63-35-19-15-31-57(63)58-32-16-20-36-64(58)74;1-3-15-40(16-4-1)55-58-56(41-17-5-2-6-18-41)60-57(59-55)44-36-42(38-27-31-45(32-28-38)61-51-23-11-7-19-47(51)48-20-8-12-24-52(48)61)35-43(37-44)39-29-33-46(34-30-39)62-53-25-13-9-21-49(53)50-22-10-14-26-54(50)62/h1-45H;1-37H. The lowest BCUT2D eigenvalue weighted by atomic mass is 9.91. The average molecular weight is 1740 g/mol. The Morgan fingerprint density at radius 1 is 0.118 bits per heavy atom. The molecule has 636 valence electrons. The van der Waals surface area contributed by atoms with Gasteiger partial charge in [-0.2, -0.15) is 0 Å². The number of fused-ring (bicyclic) bond motifs is 12. The maximum Gasteiger partial charge on any atom is 0.164 e. The van der Waals surface area contributed by atoms with Crippen molar-refractivity contribution in [2.75, 3.05) is 0 Å². The zero-order valence-corrected chi connectivity index (χ0v) is 73.8. The summed E-state index contributed by atoms with van der Waals surface area (Å²) >= 11 is 0. The van der Waals surface area contributed by atoms with Crippen molar-refractivity contribution in [1.29, 1.82) is 0 Å². The molecule has 0 amide bonds. The molecule has 6 heterocycles. The van der Waals surface area contributed by atoms with Crippen molar-refractivity contribution < 1.29 is 0 Å². The van der Waals surface area contributed by atoms with Gasteiger partial charge in [-0.05, 0) is 189 Å². The first-order chi connectivity index (χ1) is 67.4. The molecule has 0 aliphatic heterocycles. The van der Waals surface area contributed by atoms with Gasteiger partial charge < -0.3 is 18.3 Å². The first kappa shape index (κ1) is 79.8. The summed E-state index contributed by atoms with van der Waals surface area (Å²) in [6.07, 6.45) is 0. The number of benzene rings is 20. The van der Waals surface area contributed by atoms with E-state index in [-0.39, 0.29) is 0 Å². The molecule has 0 aliphatic rings. The Hall–Kier alpha value is -18.4. The number of para-hydroxylation sites is 8. The fourth-order valence-electron chi connectivity index (χ4n) is 19.9. The second-order valence-electron chi connectivity index (χ2n) is 34.4. The van der Waals surface area contributed by atoms with Gasteiger partial charge in [-0.1, -0.05) is 364 Å². The monoisotopic (exact) mass is 1730 g/mol. The third-order valence-corrected chi connectivity index (χ3v) is 26.3. The summed E-state index contributed by atoms with van der Waals surface area (Å²) in [4.78, 5) is 30.9. The smallest absolute Gasteiger partial charge is 0.164 e. The topological polar surface area (TPSA) is 97.1 Å². The van der Waals surface area contributed by atoms with Crippen LogP contribution in [0, 0.1) is 0 Å². The van der Waals surface area contributed by atoms with Crippen LogP contribution in [-0.4, -0.2) is 48.2 Å². The first-order valence-corrected chi connectivity index (χ1v) is 46.0. The molecule has 0 atom stereocenters. The van der Waals surface area contributed by atoms with E-state index in [1.54, 1.807) is 0 Å². The molecule has 0 saturated carbocycles. The molecule has 0 radical (unpaired) electrons. The molecule has 0 saturated heterocycles. The Morgan fingerprint density at radius 3 is 0.544 bits per heavy atom. The lowest BCUT2D eigenvalue weighted by Crippen LogP contribution is -2.01. The van der Waals surface area contributed by atoms with Gasteiger partial charge in [0.1, 0.15) is 0 Å². The maximum atomic E-state index is 5.28. The average Bonchev–Trinajstić information content (AvgIpc) is 1.58. The summed E-state index contributed by atoms with van der Waals surface area (Å²) in [6, 6.07) is 177. The van der Waals surface area contributed by atoms with Crippen LogP contribution in [0.1, 0.15) is 0 Å². The number of hydrogen-bond donors (Lipinski definition) is 0. The van der Waals surface area contributed by atoms with E-state index in [0.29, 0.717) is 34.9 Å². The minimum absolute atomic E-state index is 0.594. The molecule has 0 spiro atoms. The van der Waals surface area contributed by atoms with Crippen LogP contribution in [0.2, 0.25) is 0 Å². The summed E-state index contributed by atoms with van der Waals surface area (Å²) in [5.74, 6) is 3.70. The predicted octanol–water partition coefficient (Wildman–Crippen LogP) is 32.1. The Labute approximate surface area is 785 Å². The summed E-state index contributed by atoms with van der Waals surface area (Å²) in [5, 5.41) is 9.89. The quantitative estimate of drug-likeness (QED) is 0.0956. The third kappa shape index (κ3) is 14.5. The number of hydrogen-bond acceptors (Lipinski definition) is 6. The van der Waals surface area contributed by atoms with E-state index in [1.807, 2.05) is 97.1 Å². The molecule has 10 nitrogen and oxygen atoms in total. The second kappa shape index (κ2) is 34.2. The van der Waals surface area contributed by atoms with E-state index < -0.39 is 0 Å². The van der Waals surface area contributed by atoms with E-state index >= 15 is 0 Å². The minimum Gasteiger partial charge on any atom is -0.309 e. The lowest BCUT2D eigenvalue weighted by molar-refractivity contribution is 1.07. The van der Waals surface area contributed by atoms with E-state index in [4.69, 9.17) is 29.9 Å². The second-order valence-corrected chi connectivity index (χ2v) is 34.4. The van der Waals surface area contributed by atoms with Crippen molar-refractivity contribution >= 4 is 87.2 Å². The van der Waals surface area contributed by atoms with Crippen molar-refractivity contribution in [1.82, 2.24) is 48.2 Å². The first-order valence-electron chi connectivity index (χ1n) is 46.0. The normalized spacial score (nSPS) is 11.5. The van der Waals surface area contributed by atoms with Crippen molar-refractivity contribution in [3.8, 4) is 158 Å². The molecule has 20 aromatic carbocycles. The zero-order valence-electron chi connectivity index (χ0n) is 73.8. The largest absolute Gasteiger partial charge is 0.309 e. The molecule has 0 N–H and O–H groups in total. The Kier molecular flexibility index (Phi) is 20.0. The van der Waals surface area contributed by atoms with Crippen LogP contribution in [0.15, 0.2) is 497 Å². The van der Waals surface area contributed by atoms with Crippen molar-refractivity contribution in [3.63, 3.8) is 0 Å². The van der Waals surface area contributed by atoms with Crippen molar-refractivity contribution in [2.45, 2.75) is 0 Å². The number of nitrogens with zero attached hydrogens (tertiary/aromatic N) is 10. The van der Waals surface area contributed by atoms with E-state index in [2.05, 4.69) is 419 Å². The summed E-state index contributed by atoms with van der Waals surface area (Å²) in [5.41, 5.74) is 32.5. The molecule has 0 fully saturated rings. The molecular formula is C126H82N10. The van der Waals surface area contributed by atoms with Crippen LogP contribution in [-0.2, 0) is 0 Å². The zero-order chi connectivity index (χ0) is 89.9. The Morgan fingerprint density at radius 2 is 0.301 bits per heavy atom. The number of aromatic nitrogens is 10. The van der Waals surface area contributed by atoms with E-state index in [0.717, 1.165) is 123 Å². The highest BCUT2D eigenvalue weighted by Crippen LogP contribution is 2.46.